The van der Waals surface area contributed by atoms with Gasteiger partial charge in [-0.2, -0.15) is 0 Å². The summed E-state index contributed by atoms with van der Waals surface area (Å²) in [5.41, 5.74) is 4.37. The van der Waals surface area contributed by atoms with Crippen LogP contribution in [-0.2, 0) is 6.42 Å². The lowest BCUT2D eigenvalue weighted by atomic mass is 10.1. The van der Waals surface area contributed by atoms with Crippen LogP contribution in [0.4, 0.5) is 0 Å². The zero-order chi connectivity index (χ0) is 22.3. The van der Waals surface area contributed by atoms with Crippen LogP contribution in [0.25, 0.3) is 5.69 Å². The maximum atomic E-state index is 12.4. The topological polar surface area (TPSA) is 37.8 Å². The van der Waals surface area contributed by atoms with E-state index >= 15 is 0 Å². The van der Waals surface area contributed by atoms with Crippen molar-refractivity contribution in [2.24, 2.45) is 0 Å². The van der Waals surface area contributed by atoms with Crippen molar-refractivity contribution in [1.82, 2.24) is 9.78 Å². The van der Waals surface area contributed by atoms with Crippen LogP contribution in [0.1, 0.15) is 107 Å². The number of aryl methyl sites for hydroxylation is 3. The molecular formula is C28H44N2O. The van der Waals surface area contributed by atoms with Crippen molar-refractivity contribution in [3.05, 3.63) is 63.6 Å². The van der Waals surface area contributed by atoms with Gasteiger partial charge < -0.3 is 0 Å². The molecule has 1 N–H and O–H groups in total. The molecule has 31 heavy (non-hydrogen) atoms. The van der Waals surface area contributed by atoms with Crippen LogP contribution in [0.3, 0.4) is 0 Å². The van der Waals surface area contributed by atoms with Crippen molar-refractivity contribution < 1.29 is 0 Å². The predicted octanol–water partition coefficient (Wildman–Crippen LogP) is 7.97. The molecule has 1 aromatic carbocycles. The molecule has 3 nitrogen and oxygen atoms in total. The van der Waals surface area contributed by atoms with Crippen LogP contribution in [0.5, 0.6) is 0 Å². The number of unbranched alkanes of at least 4 members (excludes halogenated alkanes) is 11. The van der Waals surface area contributed by atoms with E-state index in [9.17, 15) is 4.79 Å². The van der Waals surface area contributed by atoms with Crippen LogP contribution in [0.2, 0.25) is 0 Å². The molecule has 0 amide bonds. The minimum atomic E-state index is 0.0368. The Morgan fingerprint density at radius 3 is 2.06 bits per heavy atom. The van der Waals surface area contributed by atoms with E-state index in [0.29, 0.717) is 0 Å². The number of hydrogen-bond donors (Lipinski definition) is 1. The number of hydrogen-bond acceptors (Lipinski definition) is 1. The molecule has 0 saturated carbocycles. The molecule has 0 aliphatic heterocycles. The summed E-state index contributed by atoms with van der Waals surface area (Å²) in [5, 5.41) is 3.30. The molecular weight excluding hydrogens is 380 g/mol. The van der Waals surface area contributed by atoms with Crippen molar-refractivity contribution in [3.8, 4) is 5.69 Å². The molecule has 1 aromatic heterocycles. The van der Waals surface area contributed by atoms with Crippen LogP contribution in [0, 0.1) is 13.8 Å². The second-order valence-corrected chi connectivity index (χ2v) is 9.08. The highest BCUT2D eigenvalue weighted by molar-refractivity contribution is 5.42. The Morgan fingerprint density at radius 2 is 1.42 bits per heavy atom. The largest absolute Gasteiger partial charge is 0.295 e. The highest BCUT2D eigenvalue weighted by atomic mass is 16.1. The summed E-state index contributed by atoms with van der Waals surface area (Å²) in [6, 6.07) is 7.95. The quantitative estimate of drug-likeness (QED) is 0.215. The third-order valence-corrected chi connectivity index (χ3v) is 6.07. The first-order chi connectivity index (χ1) is 15.1. The summed E-state index contributed by atoms with van der Waals surface area (Å²) < 4.78 is 1.68. The maximum absolute atomic E-state index is 12.4. The Balaban J connectivity index is 1.54. The number of aromatic amines is 1. The van der Waals surface area contributed by atoms with Gasteiger partial charge in [0.2, 0.25) is 0 Å². The normalized spacial score (nSPS) is 11.6. The van der Waals surface area contributed by atoms with Gasteiger partial charge in [-0.15, -0.1) is 0 Å². The standard InChI is InChI=1S/C28H44N2O/c1-4-5-6-7-8-9-10-11-12-13-14-15-16-17-18-19-26-23-28(31)30(29-26)27-21-20-24(2)22-25(27)3/h11-12,20-23,29H,4-10,13-19H2,1-3H3/b12-11-. The Hall–Kier alpha value is -2.03. The second-order valence-electron chi connectivity index (χ2n) is 9.08. The van der Waals surface area contributed by atoms with Gasteiger partial charge in [0.15, 0.2) is 0 Å². The van der Waals surface area contributed by atoms with E-state index in [-0.39, 0.29) is 5.56 Å². The maximum Gasteiger partial charge on any atom is 0.271 e. The molecule has 0 bridgehead atoms. The molecule has 172 valence electrons. The molecule has 3 heteroatoms. The number of nitrogens with one attached hydrogen (secondary N) is 1. The number of aromatic nitrogens is 2. The van der Waals surface area contributed by atoms with E-state index in [0.717, 1.165) is 29.8 Å². The number of allylic oxidation sites excluding steroid dienone is 2. The number of rotatable bonds is 16. The average Bonchev–Trinajstić information content (AvgIpc) is 3.11. The summed E-state index contributed by atoms with van der Waals surface area (Å²) in [7, 11) is 0. The summed E-state index contributed by atoms with van der Waals surface area (Å²) in [5.74, 6) is 0. The van der Waals surface area contributed by atoms with Gasteiger partial charge in [0.1, 0.15) is 0 Å². The van der Waals surface area contributed by atoms with Crippen LogP contribution < -0.4 is 5.56 Å². The van der Waals surface area contributed by atoms with Crippen LogP contribution in [-0.4, -0.2) is 9.78 Å². The lowest BCUT2D eigenvalue weighted by Crippen LogP contribution is -2.14. The average molecular weight is 425 g/mol. The van der Waals surface area contributed by atoms with Crippen molar-refractivity contribution >= 4 is 0 Å². The monoisotopic (exact) mass is 424 g/mol. The van der Waals surface area contributed by atoms with Gasteiger partial charge in [0.05, 0.1) is 5.69 Å². The fraction of sp³-hybridized carbons (Fsp3) is 0.607. The van der Waals surface area contributed by atoms with E-state index in [1.54, 1.807) is 10.7 Å². The minimum Gasteiger partial charge on any atom is -0.295 e. The summed E-state index contributed by atoms with van der Waals surface area (Å²) >= 11 is 0. The molecule has 0 saturated heterocycles. The lowest BCUT2D eigenvalue weighted by molar-refractivity contribution is 0.607. The Kier molecular flexibility index (Phi) is 12.1. The molecule has 2 rings (SSSR count). The highest BCUT2D eigenvalue weighted by Gasteiger charge is 2.07. The van der Waals surface area contributed by atoms with Gasteiger partial charge >= 0.3 is 0 Å². The van der Waals surface area contributed by atoms with Crippen LogP contribution in [0.15, 0.2) is 41.2 Å². The van der Waals surface area contributed by atoms with Gasteiger partial charge in [-0.05, 0) is 64.0 Å². The third kappa shape index (κ3) is 9.76. The smallest absolute Gasteiger partial charge is 0.271 e. The Morgan fingerprint density at radius 1 is 0.806 bits per heavy atom. The van der Waals surface area contributed by atoms with E-state index < -0.39 is 0 Å². The molecule has 0 aliphatic rings. The summed E-state index contributed by atoms with van der Waals surface area (Å²) in [4.78, 5) is 12.4. The zero-order valence-electron chi connectivity index (χ0n) is 20.2. The van der Waals surface area contributed by atoms with Gasteiger partial charge in [0, 0.05) is 11.8 Å². The molecule has 0 aliphatic carbocycles. The predicted molar refractivity (Wildman–Crippen MR) is 134 cm³/mol. The number of nitrogens with zero attached hydrogens (tertiary/aromatic N) is 1. The molecule has 2 aromatic rings. The summed E-state index contributed by atoms with van der Waals surface area (Å²) in [6.45, 7) is 6.40. The van der Waals surface area contributed by atoms with E-state index in [1.165, 1.54) is 82.6 Å². The third-order valence-electron chi connectivity index (χ3n) is 6.07. The van der Waals surface area contributed by atoms with Crippen molar-refractivity contribution in [1.29, 1.82) is 0 Å². The minimum absolute atomic E-state index is 0.0368. The van der Waals surface area contributed by atoms with Gasteiger partial charge in [-0.25, -0.2) is 4.68 Å². The van der Waals surface area contributed by atoms with E-state index in [1.807, 2.05) is 6.07 Å². The Labute approximate surface area is 190 Å². The first-order valence-corrected chi connectivity index (χ1v) is 12.7. The van der Waals surface area contributed by atoms with Crippen LogP contribution >= 0.6 is 0 Å². The molecule has 0 spiro atoms. The fourth-order valence-corrected chi connectivity index (χ4v) is 4.19. The first kappa shape index (κ1) is 25.2. The molecule has 0 unspecified atom stereocenters. The highest BCUT2D eigenvalue weighted by Crippen LogP contribution is 2.15. The molecule has 0 atom stereocenters. The van der Waals surface area contributed by atoms with Gasteiger partial charge in [-0.1, -0.05) is 88.1 Å². The SMILES string of the molecule is CCCCCCCC/C=C\CCCCCCCc1cc(=O)n(-c2ccc(C)cc2C)[nH]1. The van der Waals surface area contributed by atoms with Crippen molar-refractivity contribution in [2.45, 2.75) is 111 Å². The van der Waals surface area contributed by atoms with E-state index in [4.69, 9.17) is 0 Å². The molecule has 0 radical (unpaired) electrons. The second kappa shape index (κ2) is 14.9. The first-order valence-electron chi connectivity index (χ1n) is 12.7. The number of H-pyrrole nitrogens is 1. The van der Waals surface area contributed by atoms with Gasteiger partial charge in [-0.3, -0.25) is 9.89 Å². The van der Waals surface area contributed by atoms with Crippen molar-refractivity contribution in [2.75, 3.05) is 0 Å². The molecule has 0 fully saturated rings. The Bertz CT molecular complexity index is 828. The van der Waals surface area contributed by atoms with Gasteiger partial charge in [0.25, 0.3) is 5.56 Å². The lowest BCUT2D eigenvalue weighted by Gasteiger charge is -2.07. The fourth-order valence-electron chi connectivity index (χ4n) is 4.19. The number of benzene rings is 1. The zero-order valence-corrected chi connectivity index (χ0v) is 20.2. The van der Waals surface area contributed by atoms with Crippen molar-refractivity contribution in [3.63, 3.8) is 0 Å². The molecule has 1 heterocycles. The summed E-state index contributed by atoms with van der Waals surface area (Å²) in [6.07, 6.45) is 22.8. The van der Waals surface area contributed by atoms with E-state index in [2.05, 4.69) is 50.2 Å².